The van der Waals surface area contributed by atoms with E-state index in [-0.39, 0.29) is 6.04 Å². The second-order valence-electron chi connectivity index (χ2n) is 3.10. The van der Waals surface area contributed by atoms with Gasteiger partial charge in [0.15, 0.2) is 0 Å². The van der Waals surface area contributed by atoms with Crippen LogP contribution in [0.15, 0.2) is 29.2 Å². The Hall–Kier alpha value is -1.26. The van der Waals surface area contributed by atoms with Crippen molar-refractivity contribution in [2.45, 2.75) is 13.0 Å². The van der Waals surface area contributed by atoms with Crippen molar-refractivity contribution in [3.8, 4) is 0 Å². The molecule has 2 aromatic rings. The number of nitrogens with two attached hydrogens (primary N) is 1. The summed E-state index contributed by atoms with van der Waals surface area (Å²) in [6.45, 7) is 2.01. The highest BCUT2D eigenvalue weighted by Crippen LogP contribution is 2.19. The van der Waals surface area contributed by atoms with Gasteiger partial charge >= 0.3 is 0 Å². The summed E-state index contributed by atoms with van der Waals surface area (Å²) in [4.78, 5) is 8.46. The van der Waals surface area contributed by atoms with E-state index in [1.54, 1.807) is 23.0 Å². The molecule has 0 aliphatic carbocycles. The molecule has 0 spiro atoms. The molecular formula is C10H11N3S. The second-order valence-corrected chi connectivity index (χ2v) is 3.82. The van der Waals surface area contributed by atoms with Crippen LogP contribution in [-0.2, 0) is 0 Å². The van der Waals surface area contributed by atoms with Gasteiger partial charge in [-0.15, -0.1) is 11.3 Å². The van der Waals surface area contributed by atoms with Crippen molar-refractivity contribution in [1.82, 2.24) is 9.97 Å². The molecule has 3 nitrogen and oxygen atoms in total. The van der Waals surface area contributed by atoms with E-state index in [1.807, 2.05) is 24.4 Å². The van der Waals surface area contributed by atoms with E-state index in [9.17, 15) is 0 Å². The summed E-state index contributed by atoms with van der Waals surface area (Å²) in [5.74, 6) is 0. The monoisotopic (exact) mass is 205 g/mol. The predicted octanol–water partition coefficient (Wildman–Crippen LogP) is 1.89. The molecule has 2 aromatic heterocycles. The molecule has 1 atom stereocenters. The highest BCUT2D eigenvalue weighted by atomic mass is 32.1. The first kappa shape index (κ1) is 9.30. The summed E-state index contributed by atoms with van der Waals surface area (Å²) in [5, 5.41) is 1.96. The zero-order chi connectivity index (χ0) is 9.97. The Morgan fingerprint density at radius 1 is 1.43 bits per heavy atom. The zero-order valence-electron chi connectivity index (χ0n) is 7.84. The molecule has 14 heavy (non-hydrogen) atoms. The Morgan fingerprint density at radius 3 is 2.93 bits per heavy atom. The minimum atomic E-state index is -0.206. The fraction of sp³-hybridized carbons (Fsp3) is 0.200. The maximum absolute atomic E-state index is 6.04. The summed E-state index contributed by atoms with van der Waals surface area (Å²) in [6.07, 6.45) is 1.76. The van der Waals surface area contributed by atoms with Gasteiger partial charge in [0.2, 0.25) is 0 Å². The van der Waals surface area contributed by atoms with Gasteiger partial charge in [0, 0.05) is 11.6 Å². The summed E-state index contributed by atoms with van der Waals surface area (Å²) in [7, 11) is 0. The van der Waals surface area contributed by atoms with Gasteiger partial charge in [0.1, 0.15) is 0 Å². The molecule has 0 aliphatic heterocycles. The average Bonchev–Trinajstić information content (AvgIpc) is 2.70. The maximum atomic E-state index is 6.04. The lowest BCUT2D eigenvalue weighted by atomic mass is 10.1. The first-order chi connectivity index (χ1) is 6.79. The molecule has 2 rings (SSSR count). The Morgan fingerprint density at radius 2 is 2.29 bits per heavy atom. The minimum absolute atomic E-state index is 0.206. The number of nitrogens with zero attached hydrogens (tertiary/aromatic N) is 2. The number of thiazole rings is 1. The van der Waals surface area contributed by atoms with E-state index in [1.165, 1.54) is 0 Å². The Labute approximate surface area is 86.6 Å². The first-order valence-electron chi connectivity index (χ1n) is 4.34. The van der Waals surface area contributed by atoms with Crippen molar-refractivity contribution in [2.75, 3.05) is 0 Å². The number of hydrogen-bond donors (Lipinski definition) is 1. The van der Waals surface area contributed by atoms with E-state index in [4.69, 9.17) is 5.73 Å². The van der Waals surface area contributed by atoms with Crippen LogP contribution in [0.2, 0.25) is 0 Å². The number of rotatable bonds is 2. The topological polar surface area (TPSA) is 51.8 Å². The Balaban J connectivity index is 2.37. The normalized spacial score (nSPS) is 12.7. The second kappa shape index (κ2) is 3.86. The Kier molecular flexibility index (Phi) is 2.56. The smallest absolute Gasteiger partial charge is 0.0911 e. The summed E-state index contributed by atoms with van der Waals surface area (Å²) in [6, 6.07) is 3.71. The lowest BCUT2D eigenvalue weighted by molar-refractivity contribution is 0.793. The van der Waals surface area contributed by atoms with Crippen LogP contribution in [0.5, 0.6) is 0 Å². The summed E-state index contributed by atoms with van der Waals surface area (Å²) >= 11 is 1.55. The standard InChI is InChI=1S/C10H11N3S/c1-7-3-2-4-12-10(7)9(11)8-5-14-6-13-8/h2-6,9H,11H2,1H3. The summed E-state index contributed by atoms with van der Waals surface area (Å²) in [5.41, 5.74) is 10.7. The average molecular weight is 205 g/mol. The first-order valence-corrected chi connectivity index (χ1v) is 5.28. The third-order valence-corrected chi connectivity index (χ3v) is 2.72. The number of aromatic nitrogens is 2. The third-order valence-electron chi connectivity index (χ3n) is 2.11. The van der Waals surface area contributed by atoms with Gasteiger partial charge in [0.25, 0.3) is 0 Å². The molecule has 2 heterocycles. The van der Waals surface area contributed by atoms with Crippen LogP contribution in [-0.4, -0.2) is 9.97 Å². The van der Waals surface area contributed by atoms with Crippen LogP contribution in [0.25, 0.3) is 0 Å². The fourth-order valence-electron chi connectivity index (χ4n) is 1.34. The third kappa shape index (κ3) is 1.66. The predicted molar refractivity (Wildman–Crippen MR) is 57.1 cm³/mol. The van der Waals surface area contributed by atoms with Crippen molar-refractivity contribution in [3.63, 3.8) is 0 Å². The maximum Gasteiger partial charge on any atom is 0.0911 e. The van der Waals surface area contributed by atoms with E-state index in [2.05, 4.69) is 9.97 Å². The van der Waals surface area contributed by atoms with Crippen LogP contribution in [0.4, 0.5) is 0 Å². The number of pyridine rings is 1. The van der Waals surface area contributed by atoms with Crippen LogP contribution >= 0.6 is 11.3 Å². The molecule has 0 saturated carbocycles. The molecule has 0 aromatic carbocycles. The molecule has 0 saturated heterocycles. The van der Waals surface area contributed by atoms with Crippen molar-refractivity contribution in [2.24, 2.45) is 5.73 Å². The molecule has 4 heteroatoms. The van der Waals surface area contributed by atoms with E-state index in [0.717, 1.165) is 17.0 Å². The van der Waals surface area contributed by atoms with Crippen molar-refractivity contribution in [1.29, 1.82) is 0 Å². The van der Waals surface area contributed by atoms with Crippen molar-refractivity contribution < 1.29 is 0 Å². The molecule has 0 aliphatic rings. The van der Waals surface area contributed by atoms with Crippen LogP contribution < -0.4 is 5.73 Å². The van der Waals surface area contributed by atoms with Crippen LogP contribution in [0.1, 0.15) is 23.0 Å². The fourth-order valence-corrected chi connectivity index (χ4v) is 1.93. The SMILES string of the molecule is Cc1cccnc1C(N)c1cscn1. The zero-order valence-corrected chi connectivity index (χ0v) is 8.66. The number of aryl methyl sites for hydroxylation is 1. The molecule has 0 fully saturated rings. The van der Waals surface area contributed by atoms with Gasteiger partial charge < -0.3 is 5.73 Å². The van der Waals surface area contributed by atoms with E-state index in [0.29, 0.717) is 0 Å². The molecule has 0 amide bonds. The molecule has 1 unspecified atom stereocenters. The Bertz CT molecular complexity index is 411. The van der Waals surface area contributed by atoms with Gasteiger partial charge in [-0.3, -0.25) is 4.98 Å². The minimum Gasteiger partial charge on any atom is -0.318 e. The lowest BCUT2D eigenvalue weighted by Gasteiger charge is -2.10. The molecule has 0 bridgehead atoms. The van der Waals surface area contributed by atoms with Gasteiger partial charge in [-0.2, -0.15) is 0 Å². The van der Waals surface area contributed by atoms with Gasteiger partial charge in [-0.25, -0.2) is 4.98 Å². The summed E-state index contributed by atoms with van der Waals surface area (Å²) < 4.78 is 0. The molecule has 72 valence electrons. The number of hydrogen-bond acceptors (Lipinski definition) is 4. The molecular weight excluding hydrogens is 194 g/mol. The van der Waals surface area contributed by atoms with E-state index < -0.39 is 0 Å². The highest BCUT2D eigenvalue weighted by Gasteiger charge is 2.13. The van der Waals surface area contributed by atoms with Crippen molar-refractivity contribution >= 4 is 11.3 Å². The highest BCUT2D eigenvalue weighted by molar-refractivity contribution is 7.07. The van der Waals surface area contributed by atoms with E-state index >= 15 is 0 Å². The van der Waals surface area contributed by atoms with Crippen LogP contribution in [0.3, 0.4) is 0 Å². The van der Waals surface area contributed by atoms with Gasteiger partial charge in [-0.05, 0) is 18.6 Å². The largest absolute Gasteiger partial charge is 0.318 e. The molecule has 2 N–H and O–H groups in total. The molecule has 0 radical (unpaired) electrons. The van der Waals surface area contributed by atoms with Crippen molar-refractivity contribution in [3.05, 3.63) is 46.2 Å². The van der Waals surface area contributed by atoms with Crippen LogP contribution in [0, 0.1) is 6.92 Å². The van der Waals surface area contributed by atoms with Gasteiger partial charge in [0.05, 0.1) is 22.9 Å². The van der Waals surface area contributed by atoms with Gasteiger partial charge in [-0.1, -0.05) is 6.07 Å². The lowest BCUT2D eigenvalue weighted by Crippen LogP contribution is -2.15. The quantitative estimate of drug-likeness (QED) is 0.814.